The van der Waals surface area contributed by atoms with Crippen LogP contribution in [0.3, 0.4) is 0 Å². The molecule has 2 aliphatic rings. The summed E-state index contributed by atoms with van der Waals surface area (Å²) in [4.78, 5) is 59.8. The van der Waals surface area contributed by atoms with E-state index in [0.29, 0.717) is 32.2 Å². The number of amidine groups is 1. The molecule has 0 bridgehead atoms. The molecule has 0 saturated heterocycles. The van der Waals surface area contributed by atoms with E-state index < -0.39 is 29.7 Å². The largest absolute Gasteiger partial charge is 0.465 e. The van der Waals surface area contributed by atoms with Crippen molar-refractivity contribution in [3.63, 3.8) is 0 Å². The van der Waals surface area contributed by atoms with Crippen molar-refractivity contribution in [3.8, 4) is 0 Å². The van der Waals surface area contributed by atoms with Gasteiger partial charge in [0, 0.05) is 12.8 Å². The van der Waals surface area contributed by atoms with Gasteiger partial charge in [0.2, 0.25) is 5.79 Å². The van der Waals surface area contributed by atoms with Gasteiger partial charge in [-0.3, -0.25) is 19.7 Å². The van der Waals surface area contributed by atoms with E-state index in [-0.39, 0.29) is 42.9 Å². The summed E-state index contributed by atoms with van der Waals surface area (Å²) in [6.07, 6.45) is 3.92. The lowest BCUT2D eigenvalue weighted by Gasteiger charge is -2.34. The van der Waals surface area contributed by atoms with Crippen LogP contribution in [0.4, 0.5) is 0 Å². The van der Waals surface area contributed by atoms with E-state index in [0.717, 1.165) is 6.42 Å². The Morgan fingerprint density at radius 3 is 2.68 bits per heavy atom. The minimum Gasteiger partial charge on any atom is -0.465 e. The highest BCUT2D eigenvalue weighted by atomic mass is 16.5. The number of carbonyl (C=O) groups excluding carboxylic acids is 4. The van der Waals surface area contributed by atoms with Gasteiger partial charge in [0.25, 0.3) is 5.91 Å². The van der Waals surface area contributed by atoms with Gasteiger partial charge < -0.3 is 25.3 Å². The predicted molar refractivity (Wildman–Crippen MR) is 125 cm³/mol. The molecule has 2 heterocycles. The van der Waals surface area contributed by atoms with Crippen LogP contribution in [0.25, 0.3) is 0 Å². The van der Waals surface area contributed by atoms with Crippen LogP contribution in [-0.4, -0.2) is 73.1 Å². The molecule has 2 aliphatic heterocycles. The van der Waals surface area contributed by atoms with Gasteiger partial charge in [-0.2, -0.15) is 0 Å². The number of nitrogens with two attached hydrogens (primary N) is 1. The van der Waals surface area contributed by atoms with Crippen molar-refractivity contribution in [2.45, 2.75) is 71.1 Å². The van der Waals surface area contributed by atoms with Crippen molar-refractivity contribution < 1.29 is 28.7 Å². The molecule has 0 aromatic heterocycles. The summed E-state index contributed by atoms with van der Waals surface area (Å²) >= 11 is 0. The van der Waals surface area contributed by atoms with E-state index in [1.165, 1.54) is 13.3 Å². The number of nitrogens with zero attached hydrogens (tertiary/aromatic N) is 3. The molecule has 1 amide bonds. The molecule has 34 heavy (non-hydrogen) atoms. The van der Waals surface area contributed by atoms with E-state index in [9.17, 15) is 19.2 Å². The molecule has 2 rings (SSSR count). The number of amides is 1. The SMILES string of the molecule is CC[C@H](C)[C@H](N)C(=O)OCCCCNC1(COC(=O)CCCC(C)=O)N=C2N=CN=C2C(=O)N1. The van der Waals surface area contributed by atoms with E-state index >= 15 is 0 Å². The molecule has 0 fully saturated rings. The Bertz CT molecular complexity index is 870. The van der Waals surface area contributed by atoms with Crippen molar-refractivity contribution in [3.05, 3.63) is 0 Å². The summed E-state index contributed by atoms with van der Waals surface area (Å²) in [7, 11) is 0. The first-order valence-corrected chi connectivity index (χ1v) is 11.5. The summed E-state index contributed by atoms with van der Waals surface area (Å²) in [6, 6.07) is -0.646. The van der Waals surface area contributed by atoms with E-state index in [1.807, 2.05) is 13.8 Å². The Labute approximate surface area is 198 Å². The Balaban J connectivity index is 1.87. The van der Waals surface area contributed by atoms with Crippen molar-refractivity contribution in [2.24, 2.45) is 26.6 Å². The second-order valence-electron chi connectivity index (χ2n) is 8.40. The minimum absolute atomic E-state index is 0.00432. The third-order valence-electron chi connectivity index (χ3n) is 5.52. The molecule has 0 radical (unpaired) electrons. The topological polar surface area (TPSA) is 174 Å². The monoisotopic (exact) mass is 478 g/mol. The highest BCUT2D eigenvalue weighted by molar-refractivity contribution is 6.69. The quantitative estimate of drug-likeness (QED) is 0.222. The van der Waals surface area contributed by atoms with Gasteiger partial charge in [-0.15, -0.1) is 0 Å². The van der Waals surface area contributed by atoms with Crippen molar-refractivity contribution >= 4 is 41.5 Å². The zero-order chi connectivity index (χ0) is 25.1. The summed E-state index contributed by atoms with van der Waals surface area (Å²) in [5.74, 6) is -2.63. The van der Waals surface area contributed by atoms with Gasteiger partial charge in [0.1, 0.15) is 24.8 Å². The lowest BCUT2D eigenvalue weighted by Crippen LogP contribution is -2.65. The number of aliphatic imine (C=N–C) groups is 3. The Morgan fingerprint density at radius 1 is 1.21 bits per heavy atom. The van der Waals surface area contributed by atoms with Gasteiger partial charge in [-0.05, 0) is 38.6 Å². The van der Waals surface area contributed by atoms with Crippen LogP contribution in [0.1, 0.15) is 59.3 Å². The Hall–Kier alpha value is -2.99. The summed E-state index contributed by atoms with van der Waals surface area (Å²) < 4.78 is 10.6. The van der Waals surface area contributed by atoms with E-state index in [1.54, 1.807) is 0 Å². The minimum atomic E-state index is -1.40. The zero-order valence-corrected chi connectivity index (χ0v) is 20.0. The molecule has 0 aromatic carbocycles. The van der Waals surface area contributed by atoms with Crippen LogP contribution in [0, 0.1) is 5.92 Å². The fourth-order valence-corrected chi connectivity index (χ4v) is 3.18. The molecule has 0 aliphatic carbocycles. The fraction of sp³-hybridized carbons (Fsp3) is 0.682. The average molecular weight is 479 g/mol. The zero-order valence-electron chi connectivity index (χ0n) is 20.0. The number of carbonyl (C=O) groups is 4. The molecule has 0 saturated carbocycles. The Morgan fingerprint density at radius 2 is 1.97 bits per heavy atom. The lowest BCUT2D eigenvalue weighted by molar-refractivity contribution is -0.147. The predicted octanol–water partition coefficient (Wildman–Crippen LogP) is 0.240. The number of ether oxygens (including phenoxy) is 2. The smallest absolute Gasteiger partial charge is 0.323 e. The normalized spacial score (nSPS) is 20.5. The van der Waals surface area contributed by atoms with E-state index in [4.69, 9.17) is 15.2 Å². The van der Waals surface area contributed by atoms with E-state index in [2.05, 4.69) is 25.6 Å². The van der Waals surface area contributed by atoms with Crippen LogP contribution in [0.15, 0.2) is 15.0 Å². The fourth-order valence-electron chi connectivity index (χ4n) is 3.18. The van der Waals surface area contributed by atoms with Gasteiger partial charge in [-0.1, -0.05) is 20.3 Å². The molecular formula is C22H34N6O6. The molecule has 1 unspecified atom stereocenters. The number of esters is 2. The number of hydrogen-bond acceptors (Lipinski definition) is 11. The van der Waals surface area contributed by atoms with Gasteiger partial charge in [-0.25, -0.2) is 15.0 Å². The van der Waals surface area contributed by atoms with Crippen LogP contribution in [0.5, 0.6) is 0 Å². The number of fused-ring (bicyclic) bond motifs is 1. The number of rotatable bonds is 15. The van der Waals surface area contributed by atoms with Crippen LogP contribution in [-0.2, 0) is 28.7 Å². The number of nitrogens with one attached hydrogen (secondary N) is 2. The molecule has 3 atom stereocenters. The Kier molecular flexibility index (Phi) is 10.5. The third-order valence-corrected chi connectivity index (χ3v) is 5.52. The number of Topliss-reactive ketones (excluding diaryl/α,β-unsaturated/α-hetero) is 1. The number of unbranched alkanes of at least 4 members (excludes halogenated alkanes) is 1. The molecule has 188 valence electrons. The summed E-state index contributed by atoms with van der Waals surface area (Å²) in [5.41, 5.74) is 5.96. The molecule has 4 N–H and O–H groups in total. The van der Waals surface area contributed by atoms with Crippen LogP contribution in [0.2, 0.25) is 0 Å². The summed E-state index contributed by atoms with van der Waals surface area (Å²) in [5, 5.41) is 5.79. The van der Waals surface area contributed by atoms with Crippen molar-refractivity contribution in [2.75, 3.05) is 19.8 Å². The first kappa shape index (κ1) is 27.3. The maximum atomic E-state index is 12.4. The highest BCUT2D eigenvalue weighted by Crippen LogP contribution is 2.15. The molecule has 0 spiro atoms. The van der Waals surface area contributed by atoms with Crippen molar-refractivity contribution in [1.82, 2.24) is 10.6 Å². The molecule has 12 heteroatoms. The highest BCUT2D eigenvalue weighted by Gasteiger charge is 2.41. The average Bonchev–Trinajstić information content (AvgIpc) is 3.27. The number of hydrogen-bond donors (Lipinski definition) is 3. The van der Waals surface area contributed by atoms with Gasteiger partial charge >= 0.3 is 11.9 Å². The van der Waals surface area contributed by atoms with Crippen molar-refractivity contribution in [1.29, 1.82) is 0 Å². The first-order valence-electron chi connectivity index (χ1n) is 11.5. The third kappa shape index (κ3) is 8.10. The number of ketones is 1. The van der Waals surface area contributed by atoms with Crippen LogP contribution >= 0.6 is 0 Å². The maximum Gasteiger partial charge on any atom is 0.323 e. The summed E-state index contributed by atoms with van der Waals surface area (Å²) in [6.45, 7) is 5.65. The van der Waals surface area contributed by atoms with Gasteiger partial charge in [0.15, 0.2) is 11.5 Å². The second-order valence-corrected chi connectivity index (χ2v) is 8.40. The maximum absolute atomic E-state index is 12.4. The second kappa shape index (κ2) is 13.0. The first-order chi connectivity index (χ1) is 16.2. The standard InChI is InChI=1S/C22H34N6O6/c1-4-14(2)17(23)21(32)33-11-6-5-10-26-22(12-34-16(30)9-7-8-15(3)29)27-19-18(20(31)28-22)24-13-25-19/h13-14,17,26H,4-12,23H2,1-3H3,(H,28,31)/t14-,17-,22?/m0/s1. The molecule has 12 nitrogen and oxygen atoms in total. The molecular weight excluding hydrogens is 444 g/mol. The van der Waals surface area contributed by atoms with Gasteiger partial charge in [0.05, 0.1) is 6.61 Å². The lowest BCUT2D eigenvalue weighted by atomic mass is 10.0. The van der Waals surface area contributed by atoms with Crippen LogP contribution < -0.4 is 16.4 Å². The molecule has 0 aromatic rings.